The molecule has 0 radical (unpaired) electrons. The van der Waals surface area contributed by atoms with Crippen molar-refractivity contribution in [3.8, 4) is 0 Å². The third-order valence-corrected chi connectivity index (χ3v) is 2.64. The number of para-hydroxylation sites is 1. The fraction of sp³-hybridized carbons (Fsp3) is 0.0714. The van der Waals surface area contributed by atoms with Gasteiger partial charge >= 0.3 is 0 Å². The minimum absolute atomic E-state index is 0.674. The first-order chi connectivity index (χ1) is 8.42. The van der Waals surface area contributed by atoms with Crippen LogP contribution in [0.15, 0.2) is 59.3 Å². The van der Waals surface area contributed by atoms with E-state index in [1.807, 2.05) is 36.5 Å². The van der Waals surface area contributed by atoms with Crippen LogP contribution in [0.25, 0.3) is 10.9 Å². The second-order valence-electron chi connectivity index (χ2n) is 3.85. The Balaban J connectivity index is 1.81. The summed E-state index contributed by atoms with van der Waals surface area (Å²) in [4.78, 5) is 4.39. The molecule has 3 nitrogen and oxygen atoms in total. The molecule has 2 aromatic heterocycles. The Morgan fingerprint density at radius 2 is 2.06 bits per heavy atom. The van der Waals surface area contributed by atoms with Gasteiger partial charge in [-0.2, -0.15) is 0 Å². The number of benzene rings is 1. The third-order valence-electron chi connectivity index (χ3n) is 2.64. The zero-order valence-corrected chi connectivity index (χ0v) is 9.26. The molecule has 0 aliphatic rings. The zero-order valence-electron chi connectivity index (χ0n) is 9.26. The van der Waals surface area contributed by atoms with Crippen molar-refractivity contribution < 1.29 is 4.42 Å². The molecule has 0 amide bonds. The number of anilines is 1. The lowest BCUT2D eigenvalue weighted by Crippen LogP contribution is -1.98. The fourth-order valence-corrected chi connectivity index (χ4v) is 1.77. The molecular formula is C14H12N2O. The standard InChI is InChI=1S/C14H12N2O/c1-2-6-14-11(4-1)8-12(9-16-14)15-10-13-5-3-7-17-13/h1-9,15H,10H2. The minimum atomic E-state index is 0.674. The number of nitrogens with zero attached hydrogens (tertiary/aromatic N) is 1. The number of hydrogen-bond acceptors (Lipinski definition) is 3. The average molecular weight is 224 g/mol. The van der Waals surface area contributed by atoms with Crippen molar-refractivity contribution >= 4 is 16.6 Å². The van der Waals surface area contributed by atoms with Crippen molar-refractivity contribution in [1.82, 2.24) is 4.98 Å². The number of nitrogens with one attached hydrogen (secondary N) is 1. The van der Waals surface area contributed by atoms with E-state index in [0.29, 0.717) is 6.54 Å². The van der Waals surface area contributed by atoms with Crippen LogP contribution in [0.3, 0.4) is 0 Å². The molecule has 0 aliphatic heterocycles. The molecule has 1 aromatic carbocycles. The molecule has 1 N–H and O–H groups in total. The Hall–Kier alpha value is -2.29. The van der Waals surface area contributed by atoms with Gasteiger partial charge < -0.3 is 9.73 Å². The van der Waals surface area contributed by atoms with Crippen molar-refractivity contribution in [2.45, 2.75) is 6.54 Å². The van der Waals surface area contributed by atoms with Gasteiger partial charge in [0.25, 0.3) is 0 Å². The number of rotatable bonds is 3. The van der Waals surface area contributed by atoms with Gasteiger partial charge in [0.15, 0.2) is 0 Å². The normalized spacial score (nSPS) is 10.6. The molecule has 0 bridgehead atoms. The van der Waals surface area contributed by atoms with E-state index in [9.17, 15) is 0 Å². The van der Waals surface area contributed by atoms with Crippen LogP contribution < -0.4 is 5.32 Å². The molecule has 0 saturated heterocycles. The SMILES string of the molecule is c1coc(CNc2cnc3ccccc3c2)c1. The van der Waals surface area contributed by atoms with E-state index in [1.165, 1.54) is 0 Å². The van der Waals surface area contributed by atoms with Gasteiger partial charge in [0.05, 0.1) is 30.2 Å². The number of hydrogen-bond donors (Lipinski definition) is 1. The van der Waals surface area contributed by atoms with Crippen LogP contribution >= 0.6 is 0 Å². The maximum absolute atomic E-state index is 5.26. The number of fused-ring (bicyclic) bond motifs is 1. The molecule has 0 atom stereocenters. The van der Waals surface area contributed by atoms with Gasteiger partial charge in [0, 0.05) is 5.39 Å². The average Bonchev–Trinajstić information content (AvgIpc) is 2.89. The predicted molar refractivity (Wildman–Crippen MR) is 67.8 cm³/mol. The van der Waals surface area contributed by atoms with Crippen molar-refractivity contribution in [3.63, 3.8) is 0 Å². The molecule has 0 spiro atoms. The Morgan fingerprint density at radius 3 is 2.94 bits per heavy atom. The summed E-state index contributed by atoms with van der Waals surface area (Å²) >= 11 is 0. The molecule has 0 unspecified atom stereocenters. The molecule has 0 aliphatic carbocycles. The van der Waals surface area contributed by atoms with Crippen molar-refractivity contribution in [1.29, 1.82) is 0 Å². The summed E-state index contributed by atoms with van der Waals surface area (Å²) in [5, 5.41) is 4.42. The van der Waals surface area contributed by atoms with E-state index in [1.54, 1.807) is 6.26 Å². The summed E-state index contributed by atoms with van der Waals surface area (Å²) in [6, 6.07) is 14.0. The van der Waals surface area contributed by atoms with Crippen LogP contribution in [0.5, 0.6) is 0 Å². The highest BCUT2D eigenvalue weighted by molar-refractivity contribution is 5.81. The molecule has 3 rings (SSSR count). The summed E-state index contributed by atoms with van der Waals surface area (Å²) in [6.45, 7) is 0.674. The first-order valence-electron chi connectivity index (χ1n) is 5.53. The number of pyridine rings is 1. The van der Waals surface area contributed by atoms with Crippen LogP contribution in [-0.4, -0.2) is 4.98 Å². The zero-order chi connectivity index (χ0) is 11.5. The van der Waals surface area contributed by atoms with Gasteiger partial charge in [-0.3, -0.25) is 4.98 Å². The highest BCUT2D eigenvalue weighted by Gasteiger charge is 1.98. The van der Waals surface area contributed by atoms with Crippen molar-refractivity contribution in [2.75, 3.05) is 5.32 Å². The molecule has 0 fully saturated rings. The van der Waals surface area contributed by atoms with E-state index < -0.39 is 0 Å². The van der Waals surface area contributed by atoms with Crippen LogP contribution in [0.2, 0.25) is 0 Å². The quantitative estimate of drug-likeness (QED) is 0.740. The van der Waals surface area contributed by atoms with Gasteiger partial charge in [-0.05, 0) is 24.3 Å². The summed E-state index contributed by atoms with van der Waals surface area (Å²) in [6.07, 6.45) is 3.51. The second-order valence-corrected chi connectivity index (χ2v) is 3.85. The van der Waals surface area contributed by atoms with Crippen LogP contribution in [0.1, 0.15) is 5.76 Å². The van der Waals surface area contributed by atoms with Gasteiger partial charge in [-0.1, -0.05) is 18.2 Å². The van der Waals surface area contributed by atoms with Crippen LogP contribution in [0.4, 0.5) is 5.69 Å². The van der Waals surface area contributed by atoms with Gasteiger partial charge in [0.2, 0.25) is 0 Å². The highest BCUT2D eigenvalue weighted by Crippen LogP contribution is 2.16. The maximum Gasteiger partial charge on any atom is 0.122 e. The third kappa shape index (κ3) is 2.13. The Kier molecular flexibility index (Phi) is 2.50. The van der Waals surface area contributed by atoms with E-state index in [4.69, 9.17) is 4.42 Å². The monoisotopic (exact) mass is 224 g/mol. The smallest absolute Gasteiger partial charge is 0.122 e. The summed E-state index contributed by atoms with van der Waals surface area (Å²) in [7, 11) is 0. The Bertz CT molecular complexity index is 617. The van der Waals surface area contributed by atoms with E-state index in [-0.39, 0.29) is 0 Å². The molecule has 3 heteroatoms. The Morgan fingerprint density at radius 1 is 1.12 bits per heavy atom. The lowest BCUT2D eigenvalue weighted by Gasteiger charge is -2.05. The van der Waals surface area contributed by atoms with E-state index in [2.05, 4.69) is 22.4 Å². The highest BCUT2D eigenvalue weighted by atomic mass is 16.3. The van der Waals surface area contributed by atoms with Gasteiger partial charge in [0.1, 0.15) is 5.76 Å². The van der Waals surface area contributed by atoms with Crippen molar-refractivity contribution in [3.05, 3.63) is 60.7 Å². The first kappa shape index (κ1) is 9.90. The van der Waals surface area contributed by atoms with E-state index in [0.717, 1.165) is 22.4 Å². The second kappa shape index (κ2) is 4.29. The number of furan rings is 1. The fourth-order valence-electron chi connectivity index (χ4n) is 1.77. The summed E-state index contributed by atoms with van der Waals surface area (Å²) in [5.74, 6) is 0.915. The molecule has 2 heterocycles. The molecule has 3 aromatic rings. The predicted octanol–water partition coefficient (Wildman–Crippen LogP) is 3.44. The summed E-state index contributed by atoms with van der Waals surface area (Å²) in [5.41, 5.74) is 2.01. The molecule has 17 heavy (non-hydrogen) atoms. The first-order valence-corrected chi connectivity index (χ1v) is 5.53. The lowest BCUT2D eigenvalue weighted by atomic mass is 10.2. The minimum Gasteiger partial charge on any atom is -0.467 e. The summed E-state index contributed by atoms with van der Waals surface area (Å²) < 4.78 is 5.26. The van der Waals surface area contributed by atoms with Gasteiger partial charge in [-0.15, -0.1) is 0 Å². The molecular weight excluding hydrogens is 212 g/mol. The molecule has 84 valence electrons. The molecule has 0 saturated carbocycles. The van der Waals surface area contributed by atoms with E-state index >= 15 is 0 Å². The van der Waals surface area contributed by atoms with Crippen molar-refractivity contribution in [2.24, 2.45) is 0 Å². The lowest BCUT2D eigenvalue weighted by molar-refractivity contribution is 0.518. The topological polar surface area (TPSA) is 38.1 Å². The number of aromatic nitrogens is 1. The Labute approximate surface area is 99.1 Å². The maximum atomic E-state index is 5.26. The van der Waals surface area contributed by atoms with Crippen LogP contribution in [-0.2, 0) is 6.54 Å². The largest absolute Gasteiger partial charge is 0.467 e. The van der Waals surface area contributed by atoms with Crippen LogP contribution in [0, 0.1) is 0 Å². The van der Waals surface area contributed by atoms with Gasteiger partial charge in [-0.25, -0.2) is 0 Å².